The average molecular weight is 320 g/mol. The molecule has 22 heavy (non-hydrogen) atoms. The molecule has 6 nitrogen and oxygen atoms in total. The molecular formula is C15H20N4O2S. The highest BCUT2D eigenvalue weighted by Crippen LogP contribution is 2.21. The molecule has 1 aromatic heterocycles. The minimum absolute atomic E-state index is 0.169. The van der Waals surface area contributed by atoms with Crippen molar-refractivity contribution < 1.29 is 9.53 Å². The monoisotopic (exact) mass is 320 g/mol. The maximum atomic E-state index is 11.8. The van der Waals surface area contributed by atoms with Crippen molar-refractivity contribution in [2.45, 2.75) is 45.4 Å². The van der Waals surface area contributed by atoms with Gasteiger partial charge in [-0.3, -0.25) is 4.79 Å². The van der Waals surface area contributed by atoms with Crippen LogP contribution in [0.3, 0.4) is 0 Å². The number of aromatic nitrogens is 4. The zero-order valence-corrected chi connectivity index (χ0v) is 14.3. The molecule has 0 aliphatic rings. The number of aryl methyl sites for hydroxylation is 2. The highest BCUT2D eigenvalue weighted by Gasteiger charge is 2.18. The maximum absolute atomic E-state index is 11.8. The molecule has 0 atom stereocenters. The van der Waals surface area contributed by atoms with E-state index in [1.165, 1.54) is 17.3 Å². The third-order valence-corrected chi connectivity index (χ3v) is 3.81. The Morgan fingerprint density at radius 3 is 2.64 bits per heavy atom. The molecule has 0 aliphatic heterocycles. The van der Waals surface area contributed by atoms with E-state index in [1.54, 1.807) is 4.68 Å². The van der Waals surface area contributed by atoms with E-state index in [0.29, 0.717) is 5.16 Å². The van der Waals surface area contributed by atoms with Crippen LogP contribution >= 0.6 is 11.8 Å². The van der Waals surface area contributed by atoms with Crippen LogP contribution in [-0.2, 0) is 9.53 Å². The molecule has 0 fully saturated rings. The fourth-order valence-corrected chi connectivity index (χ4v) is 2.45. The predicted octanol–water partition coefficient (Wildman–Crippen LogP) is 2.71. The summed E-state index contributed by atoms with van der Waals surface area (Å²) in [7, 11) is 0. The third kappa shape index (κ3) is 4.30. The van der Waals surface area contributed by atoms with Crippen molar-refractivity contribution >= 4 is 17.7 Å². The Kier molecular flexibility index (Phi) is 4.85. The lowest BCUT2D eigenvalue weighted by molar-refractivity contribution is -0.151. The van der Waals surface area contributed by atoms with Gasteiger partial charge in [0.1, 0.15) is 5.60 Å². The summed E-state index contributed by atoms with van der Waals surface area (Å²) in [6.07, 6.45) is 0. The number of hydrogen-bond donors (Lipinski definition) is 0. The van der Waals surface area contributed by atoms with E-state index in [4.69, 9.17) is 4.74 Å². The number of benzene rings is 1. The molecule has 7 heteroatoms. The normalized spacial score (nSPS) is 11.5. The van der Waals surface area contributed by atoms with Crippen LogP contribution in [0.5, 0.6) is 0 Å². The lowest BCUT2D eigenvalue weighted by atomic mass is 10.1. The Hall–Kier alpha value is -1.89. The Morgan fingerprint density at radius 1 is 1.27 bits per heavy atom. The van der Waals surface area contributed by atoms with Gasteiger partial charge in [-0.05, 0) is 68.3 Å². The first-order valence-corrected chi connectivity index (χ1v) is 7.95. The topological polar surface area (TPSA) is 69.9 Å². The molecule has 0 spiro atoms. The number of carbonyl (C=O) groups is 1. The first-order chi connectivity index (χ1) is 10.3. The van der Waals surface area contributed by atoms with Crippen LogP contribution in [0.2, 0.25) is 0 Å². The number of esters is 1. The molecule has 118 valence electrons. The second kappa shape index (κ2) is 6.48. The minimum Gasteiger partial charge on any atom is -0.459 e. The molecule has 0 saturated heterocycles. The van der Waals surface area contributed by atoms with E-state index >= 15 is 0 Å². The SMILES string of the molecule is Cc1ccc(-n2nnnc2SCC(=O)OC(C)(C)C)cc1C. The molecular weight excluding hydrogens is 300 g/mol. The number of hydrogen-bond acceptors (Lipinski definition) is 6. The van der Waals surface area contributed by atoms with Crippen LogP contribution in [0.25, 0.3) is 5.69 Å². The largest absolute Gasteiger partial charge is 0.459 e. The van der Waals surface area contributed by atoms with E-state index in [0.717, 1.165) is 11.3 Å². The average Bonchev–Trinajstić information content (AvgIpc) is 2.86. The summed E-state index contributed by atoms with van der Waals surface area (Å²) in [5.74, 6) is -0.116. The molecule has 0 saturated carbocycles. The fourth-order valence-electron chi connectivity index (χ4n) is 1.78. The van der Waals surface area contributed by atoms with Crippen molar-refractivity contribution in [2.75, 3.05) is 5.75 Å². The maximum Gasteiger partial charge on any atom is 0.316 e. The second-order valence-electron chi connectivity index (χ2n) is 6.02. The van der Waals surface area contributed by atoms with Crippen molar-refractivity contribution in [3.63, 3.8) is 0 Å². The highest BCUT2D eigenvalue weighted by molar-refractivity contribution is 7.99. The summed E-state index contributed by atoms with van der Waals surface area (Å²) in [5.41, 5.74) is 2.76. The van der Waals surface area contributed by atoms with Gasteiger partial charge in [0.2, 0.25) is 5.16 Å². The van der Waals surface area contributed by atoms with Crippen molar-refractivity contribution in [2.24, 2.45) is 0 Å². The molecule has 1 aromatic carbocycles. The Bertz CT molecular complexity index is 676. The molecule has 0 radical (unpaired) electrons. The lowest BCUT2D eigenvalue weighted by Gasteiger charge is -2.19. The van der Waals surface area contributed by atoms with E-state index in [9.17, 15) is 4.79 Å². The molecule has 2 rings (SSSR count). The van der Waals surface area contributed by atoms with Crippen molar-refractivity contribution in [1.29, 1.82) is 0 Å². The first-order valence-electron chi connectivity index (χ1n) is 6.97. The smallest absolute Gasteiger partial charge is 0.316 e. The van der Waals surface area contributed by atoms with Gasteiger partial charge in [-0.2, -0.15) is 4.68 Å². The molecule has 2 aromatic rings. The minimum atomic E-state index is -0.488. The summed E-state index contributed by atoms with van der Waals surface area (Å²) >= 11 is 1.26. The van der Waals surface area contributed by atoms with Crippen LogP contribution in [0, 0.1) is 13.8 Å². The van der Waals surface area contributed by atoms with Gasteiger partial charge in [0.25, 0.3) is 0 Å². The summed E-state index contributed by atoms with van der Waals surface area (Å²) in [6.45, 7) is 9.62. The van der Waals surface area contributed by atoms with Crippen LogP contribution in [0.15, 0.2) is 23.4 Å². The molecule has 1 heterocycles. The van der Waals surface area contributed by atoms with Crippen LogP contribution < -0.4 is 0 Å². The quantitative estimate of drug-likeness (QED) is 0.637. The lowest BCUT2D eigenvalue weighted by Crippen LogP contribution is -2.25. The van der Waals surface area contributed by atoms with Crippen molar-refractivity contribution in [1.82, 2.24) is 20.2 Å². The van der Waals surface area contributed by atoms with Gasteiger partial charge in [0, 0.05) is 0 Å². The van der Waals surface area contributed by atoms with Gasteiger partial charge < -0.3 is 4.74 Å². The van der Waals surface area contributed by atoms with Crippen LogP contribution in [0.1, 0.15) is 31.9 Å². The number of carbonyl (C=O) groups excluding carboxylic acids is 1. The van der Waals surface area contributed by atoms with E-state index in [-0.39, 0.29) is 11.7 Å². The Morgan fingerprint density at radius 2 is 2.00 bits per heavy atom. The standard InChI is InChI=1S/C15H20N4O2S/c1-10-6-7-12(8-11(10)2)19-14(16-17-18-19)22-9-13(20)21-15(3,4)5/h6-8H,9H2,1-5H3. The summed E-state index contributed by atoms with van der Waals surface area (Å²) in [4.78, 5) is 11.8. The highest BCUT2D eigenvalue weighted by atomic mass is 32.2. The molecule has 0 amide bonds. The number of tetrazole rings is 1. The molecule has 0 N–H and O–H groups in total. The molecule has 0 aliphatic carbocycles. The fraction of sp³-hybridized carbons (Fsp3) is 0.467. The molecule has 0 bridgehead atoms. The molecule has 0 unspecified atom stereocenters. The van der Waals surface area contributed by atoms with Gasteiger partial charge in [0.05, 0.1) is 11.4 Å². The summed E-state index contributed by atoms with van der Waals surface area (Å²) < 4.78 is 6.91. The Labute approximate surface area is 134 Å². The number of ether oxygens (including phenoxy) is 1. The number of rotatable bonds is 4. The third-order valence-electron chi connectivity index (χ3n) is 2.92. The van der Waals surface area contributed by atoms with Crippen LogP contribution in [-0.4, -0.2) is 37.5 Å². The first kappa shape index (κ1) is 16.5. The van der Waals surface area contributed by atoms with E-state index in [2.05, 4.69) is 22.4 Å². The zero-order chi connectivity index (χ0) is 16.3. The van der Waals surface area contributed by atoms with Gasteiger partial charge >= 0.3 is 5.97 Å². The van der Waals surface area contributed by atoms with Crippen molar-refractivity contribution in [3.05, 3.63) is 29.3 Å². The van der Waals surface area contributed by atoms with Crippen LogP contribution in [0.4, 0.5) is 0 Å². The van der Waals surface area contributed by atoms with E-state index < -0.39 is 5.60 Å². The van der Waals surface area contributed by atoms with E-state index in [1.807, 2.05) is 45.9 Å². The Balaban J connectivity index is 2.10. The predicted molar refractivity (Wildman–Crippen MR) is 85.2 cm³/mol. The van der Waals surface area contributed by atoms with Gasteiger partial charge in [-0.15, -0.1) is 5.10 Å². The van der Waals surface area contributed by atoms with Gasteiger partial charge in [-0.25, -0.2) is 0 Å². The van der Waals surface area contributed by atoms with Crippen molar-refractivity contribution in [3.8, 4) is 5.69 Å². The van der Waals surface area contributed by atoms with Gasteiger partial charge in [0.15, 0.2) is 0 Å². The zero-order valence-electron chi connectivity index (χ0n) is 13.5. The number of nitrogens with zero attached hydrogens (tertiary/aromatic N) is 4. The number of thioether (sulfide) groups is 1. The summed E-state index contributed by atoms with van der Waals surface area (Å²) in [5, 5.41) is 12.2. The summed E-state index contributed by atoms with van der Waals surface area (Å²) in [6, 6.07) is 5.99. The second-order valence-corrected chi connectivity index (χ2v) is 6.96. The van der Waals surface area contributed by atoms with Gasteiger partial charge in [-0.1, -0.05) is 17.8 Å².